The van der Waals surface area contributed by atoms with Crippen LogP contribution in [0.5, 0.6) is 0 Å². The van der Waals surface area contributed by atoms with Crippen molar-refractivity contribution in [3.8, 4) is 0 Å². The van der Waals surface area contributed by atoms with Gasteiger partial charge in [-0.25, -0.2) is 4.39 Å². The number of benzene rings is 2. The van der Waals surface area contributed by atoms with Gasteiger partial charge in [-0.1, -0.05) is 12.1 Å². The van der Waals surface area contributed by atoms with Gasteiger partial charge in [-0.3, -0.25) is 0 Å². The lowest BCUT2D eigenvalue weighted by molar-refractivity contribution is 0.199. The highest BCUT2D eigenvalue weighted by Gasteiger charge is 2.17. The third kappa shape index (κ3) is 3.24. The van der Waals surface area contributed by atoms with Gasteiger partial charge in [0, 0.05) is 23.5 Å². The van der Waals surface area contributed by atoms with Crippen molar-refractivity contribution in [2.24, 2.45) is 0 Å². The van der Waals surface area contributed by atoms with Crippen molar-refractivity contribution in [2.45, 2.75) is 33.8 Å². The van der Waals surface area contributed by atoms with E-state index in [1.165, 1.54) is 11.6 Å². The summed E-state index contributed by atoms with van der Waals surface area (Å²) in [6.07, 6.45) is -0.714. The Kier molecular flexibility index (Phi) is 4.63. The first-order chi connectivity index (χ1) is 9.93. The summed E-state index contributed by atoms with van der Waals surface area (Å²) < 4.78 is 13.8. The van der Waals surface area contributed by atoms with E-state index in [2.05, 4.69) is 11.0 Å². The topological polar surface area (TPSA) is 23.5 Å². The van der Waals surface area contributed by atoms with Gasteiger partial charge in [0.2, 0.25) is 0 Å². The Bertz CT molecular complexity index is 637. The number of anilines is 2. The average Bonchev–Trinajstić information content (AvgIpc) is 2.43. The van der Waals surface area contributed by atoms with Crippen LogP contribution in [0.2, 0.25) is 0 Å². The first-order valence-electron chi connectivity index (χ1n) is 7.26. The zero-order valence-electron chi connectivity index (χ0n) is 13.0. The van der Waals surface area contributed by atoms with E-state index in [1.807, 2.05) is 38.1 Å². The summed E-state index contributed by atoms with van der Waals surface area (Å²) in [7, 11) is 0. The first kappa shape index (κ1) is 15.5. The number of hydrogen-bond donors (Lipinski definition) is 1. The minimum atomic E-state index is -0.714. The number of hydrogen-bond acceptors (Lipinski definition) is 2. The minimum Gasteiger partial charge on any atom is -0.389 e. The Morgan fingerprint density at radius 2 is 1.90 bits per heavy atom. The molecule has 0 saturated carbocycles. The molecule has 0 bridgehead atoms. The van der Waals surface area contributed by atoms with Crippen LogP contribution in [-0.4, -0.2) is 11.7 Å². The van der Waals surface area contributed by atoms with E-state index in [0.717, 1.165) is 17.9 Å². The lowest BCUT2D eigenvalue weighted by atomic mass is 10.0. The predicted molar refractivity (Wildman–Crippen MR) is 85.6 cm³/mol. The van der Waals surface area contributed by atoms with Crippen molar-refractivity contribution in [3.63, 3.8) is 0 Å². The Morgan fingerprint density at radius 3 is 2.48 bits per heavy atom. The summed E-state index contributed by atoms with van der Waals surface area (Å²) >= 11 is 0. The summed E-state index contributed by atoms with van der Waals surface area (Å²) in [6, 6.07) is 11.4. The van der Waals surface area contributed by atoms with Gasteiger partial charge in [0.05, 0.1) is 6.10 Å². The molecule has 0 aliphatic rings. The number of aliphatic hydroxyl groups is 1. The predicted octanol–water partition coefficient (Wildman–Crippen LogP) is 4.65. The van der Waals surface area contributed by atoms with Gasteiger partial charge in [0.1, 0.15) is 5.82 Å². The summed E-state index contributed by atoms with van der Waals surface area (Å²) in [5.74, 6) is -0.282. The van der Waals surface area contributed by atoms with Crippen LogP contribution in [0.1, 0.15) is 36.6 Å². The maximum atomic E-state index is 13.8. The Balaban J connectivity index is 2.59. The van der Waals surface area contributed by atoms with Crippen LogP contribution in [0.3, 0.4) is 0 Å². The number of rotatable bonds is 4. The van der Waals surface area contributed by atoms with Crippen LogP contribution in [0.4, 0.5) is 15.8 Å². The van der Waals surface area contributed by atoms with Crippen LogP contribution in [-0.2, 0) is 0 Å². The highest BCUT2D eigenvalue weighted by atomic mass is 19.1. The second kappa shape index (κ2) is 6.27. The van der Waals surface area contributed by atoms with Crippen molar-refractivity contribution in [2.75, 3.05) is 11.4 Å². The molecule has 2 rings (SSSR count). The average molecular weight is 287 g/mol. The van der Waals surface area contributed by atoms with E-state index < -0.39 is 6.10 Å². The molecule has 2 nitrogen and oxygen atoms in total. The smallest absolute Gasteiger partial charge is 0.126 e. The van der Waals surface area contributed by atoms with Crippen molar-refractivity contribution < 1.29 is 9.50 Å². The molecule has 1 N–H and O–H groups in total. The fourth-order valence-corrected chi connectivity index (χ4v) is 2.54. The molecule has 0 heterocycles. The number of aliphatic hydroxyl groups excluding tert-OH is 1. The molecule has 0 saturated heterocycles. The lowest BCUT2D eigenvalue weighted by Crippen LogP contribution is -2.19. The summed E-state index contributed by atoms with van der Waals surface area (Å²) in [4.78, 5) is 2.10. The number of aryl methyl sites for hydroxylation is 2. The van der Waals surface area contributed by atoms with Crippen molar-refractivity contribution in [1.29, 1.82) is 0 Å². The maximum absolute atomic E-state index is 13.8. The number of nitrogens with zero attached hydrogens (tertiary/aromatic N) is 1. The Labute approximate surface area is 125 Å². The molecule has 0 spiro atoms. The molecule has 0 amide bonds. The zero-order valence-corrected chi connectivity index (χ0v) is 13.0. The number of halogens is 1. The fraction of sp³-hybridized carbons (Fsp3) is 0.333. The second-order valence-corrected chi connectivity index (χ2v) is 5.42. The van der Waals surface area contributed by atoms with Crippen LogP contribution in [0.15, 0.2) is 36.4 Å². The van der Waals surface area contributed by atoms with Crippen molar-refractivity contribution in [1.82, 2.24) is 0 Å². The van der Waals surface area contributed by atoms with Gasteiger partial charge < -0.3 is 10.0 Å². The van der Waals surface area contributed by atoms with Gasteiger partial charge in [0.15, 0.2) is 0 Å². The van der Waals surface area contributed by atoms with Gasteiger partial charge in [-0.15, -0.1) is 0 Å². The van der Waals surface area contributed by atoms with Crippen LogP contribution in [0.25, 0.3) is 0 Å². The molecule has 0 radical (unpaired) electrons. The molecular weight excluding hydrogens is 265 g/mol. The van der Waals surface area contributed by atoms with Gasteiger partial charge >= 0.3 is 0 Å². The van der Waals surface area contributed by atoms with E-state index >= 15 is 0 Å². The standard InChI is InChI=1S/C18H22FNO/c1-5-20(15-8-6-7-12(2)9-15)18-10-13(3)17(19)11-16(18)14(4)21/h6-11,14,21H,5H2,1-4H3. The van der Waals surface area contributed by atoms with Gasteiger partial charge in [-0.2, -0.15) is 0 Å². The van der Waals surface area contributed by atoms with E-state index in [1.54, 1.807) is 13.8 Å². The molecule has 0 aromatic heterocycles. The molecule has 1 atom stereocenters. The zero-order chi connectivity index (χ0) is 15.6. The Hall–Kier alpha value is -1.87. The largest absolute Gasteiger partial charge is 0.389 e. The maximum Gasteiger partial charge on any atom is 0.126 e. The second-order valence-electron chi connectivity index (χ2n) is 5.42. The van der Waals surface area contributed by atoms with E-state index in [4.69, 9.17) is 0 Å². The summed E-state index contributed by atoms with van der Waals surface area (Å²) in [5, 5.41) is 9.97. The molecule has 2 aromatic carbocycles. The summed E-state index contributed by atoms with van der Waals surface area (Å²) in [6.45, 7) is 8.25. The van der Waals surface area contributed by atoms with E-state index in [0.29, 0.717) is 11.1 Å². The first-order valence-corrected chi connectivity index (χ1v) is 7.26. The molecule has 21 heavy (non-hydrogen) atoms. The monoisotopic (exact) mass is 287 g/mol. The fourth-order valence-electron chi connectivity index (χ4n) is 2.54. The van der Waals surface area contributed by atoms with Gasteiger partial charge in [0.25, 0.3) is 0 Å². The lowest BCUT2D eigenvalue weighted by Gasteiger charge is -2.27. The molecule has 2 aromatic rings. The quantitative estimate of drug-likeness (QED) is 0.884. The minimum absolute atomic E-state index is 0.282. The van der Waals surface area contributed by atoms with Crippen LogP contribution >= 0.6 is 0 Å². The molecule has 3 heteroatoms. The molecule has 1 unspecified atom stereocenters. The molecule has 0 fully saturated rings. The highest BCUT2D eigenvalue weighted by Crippen LogP contribution is 2.34. The van der Waals surface area contributed by atoms with Crippen LogP contribution < -0.4 is 4.90 Å². The molecular formula is C18H22FNO. The molecule has 0 aliphatic heterocycles. The third-order valence-electron chi connectivity index (χ3n) is 3.68. The summed E-state index contributed by atoms with van der Waals surface area (Å²) in [5.41, 5.74) is 4.27. The van der Waals surface area contributed by atoms with Gasteiger partial charge in [-0.05, 0) is 63.1 Å². The SMILES string of the molecule is CCN(c1cccc(C)c1)c1cc(C)c(F)cc1C(C)O. The van der Waals surface area contributed by atoms with E-state index in [9.17, 15) is 9.50 Å². The van der Waals surface area contributed by atoms with E-state index in [-0.39, 0.29) is 5.82 Å². The van der Waals surface area contributed by atoms with Crippen LogP contribution in [0, 0.1) is 19.7 Å². The normalized spacial score (nSPS) is 12.3. The molecule has 112 valence electrons. The van der Waals surface area contributed by atoms with Crippen molar-refractivity contribution >= 4 is 11.4 Å². The highest BCUT2D eigenvalue weighted by molar-refractivity contribution is 5.68. The Morgan fingerprint density at radius 1 is 1.19 bits per heavy atom. The third-order valence-corrected chi connectivity index (χ3v) is 3.68. The molecule has 0 aliphatic carbocycles. The van der Waals surface area contributed by atoms with Crippen molar-refractivity contribution in [3.05, 3.63) is 58.9 Å².